The van der Waals surface area contributed by atoms with Gasteiger partial charge in [-0.2, -0.15) is 0 Å². The van der Waals surface area contributed by atoms with Gasteiger partial charge in [0.1, 0.15) is 0 Å². The molecular weight excluding hydrogens is 364 g/mol. The summed E-state index contributed by atoms with van der Waals surface area (Å²) in [5.74, 6) is 6.75. The van der Waals surface area contributed by atoms with Crippen molar-refractivity contribution in [3.63, 3.8) is 0 Å². The lowest BCUT2D eigenvalue weighted by Gasteiger charge is -2.61. The van der Waals surface area contributed by atoms with Crippen LogP contribution in [0.15, 0.2) is 12.2 Å². The fourth-order valence-electron chi connectivity index (χ4n) is 10.1. The summed E-state index contributed by atoms with van der Waals surface area (Å²) < 4.78 is 0. The van der Waals surface area contributed by atoms with Gasteiger partial charge in [-0.05, 0) is 121 Å². The van der Waals surface area contributed by atoms with Crippen molar-refractivity contribution in [2.75, 3.05) is 0 Å². The first-order valence-electron chi connectivity index (χ1n) is 13.5. The van der Waals surface area contributed by atoms with Crippen molar-refractivity contribution in [1.29, 1.82) is 0 Å². The van der Waals surface area contributed by atoms with E-state index >= 15 is 0 Å². The van der Waals surface area contributed by atoms with E-state index in [1.165, 1.54) is 44.9 Å². The molecule has 11 unspecified atom stereocenters. The van der Waals surface area contributed by atoms with Gasteiger partial charge in [0.15, 0.2) is 0 Å². The summed E-state index contributed by atoms with van der Waals surface area (Å²) in [6, 6.07) is 0. The van der Waals surface area contributed by atoms with Gasteiger partial charge in [0.25, 0.3) is 0 Å². The summed E-state index contributed by atoms with van der Waals surface area (Å²) in [6.45, 7) is 15.0. The molecule has 11 atom stereocenters. The molecule has 1 N–H and O–H groups in total. The van der Waals surface area contributed by atoms with Gasteiger partial charge in [0, 0.05) is 0 Å². The molecule has 5 fully saturated rings. The molecule has 170 valence electrons. The average molecular weight is 413 g/mol. The molecule has 5 aliphatic carbocycles. The third-order valence-electron chi connectivity index (χ3n) is 12.2. The van der Waals surface area contributed by atoms with Crippen LogP contribution in [-0.2, 0) is 0 Å². The number of hydrogen-bond acceptors (Lipinski definition) is 1. The third-order valence-corrected chi connectivity index (χ3v) is 12.2. The van der Waals surface area contributed by atoms with Crippen LogP contribution in [0.3, 0.4) is 0 Å². The predicted octanol–water partition coefficient (Wildman–Crippen LogP) is 7.49. The number of hydrogen-bond donors (Lipinski definition) is 1. The molecule has 0 aliphatic heterocycles. The average Bonchev–Trinajstić information content (AvgIpc) is 3.26. The number of allylic oxidation sites excluding steroid dienone is 2. The van der Waals surface area contributed by atoms with Crippen molar-refractivity contribution >= 4 is 0 Å². The van der Waals surface area contributed by atoms with E-state index in [0.29, 0.717) is 22.2 Å². The van der Waals surface area contributed by atoms with Crippen LogP contribution in [0, 0.1) is 63.6 Å². The second-order valence-corrected chi connectivity index (χ2v) is 13.6. The molecule has 0 aromatic heterocycles. The monoisotopic (exact) mass is 412 g/mol. The second-order valence-electron chi connectivity index (χ2n) is 13.6. The first-order valence-corrected chi connectivity index (χ1v) is 13.5. The van der Waals surface area contributed by atoms with Crippen molar-refractivity contribution in [2.24, 2.45) is 63.6 Å². The van der Waals surface area contributed by atoms with E-state index in [2.05, 4.69) is 53.7 Å². The normalized spacial score (nSPS) is 54.3. The minimum absolute atomic E-state index is 0.0140. The first-order chi connectivity index (χ1) is 14.1. The highest BCUT2D eigenvalue weighted by atomic mass is 16.3. The van der Waals surface area contributed by atoms with E-state index in [0.717, 1.165) is 54.3 Å². The molecule has 1 nitrogen and oxygen atoms in total. The standard InChI is InChI=1S/C29H48O/c1-18(2)19(3)7-8-20(4)24-9-10-25-28(24,6)14-12-26-27(5)13-11-23(30)16-21(27)15-22-17-29(22,25)26/h7-8,18-26,30H,9-17H2,1-6H3/b8-7+. The van der Waals surface area contributed by atoms with Crippen molar-refractivity contribution < 1.29 is 5.11 Å². The van der Waals surface area contributed by atoms with Crippen molar-refractivity contribution in [3.05, 3.63) is 12.2 Å². The number of aliphatic hydroxyl groups excluding tert-OH is 1. The van der Waals surface area contributed by atoms with Crippen LogP contribution in [0.4, 0.5) is 0 Å². The molecular formula is C29H48O. The van der Waals surface area contributed by atoms with Gasteiger partial charge in [-0.15, -0.1) is 0 Å². The van der Waals surface area contributed by atoms with Crippen LogP contribution in [0.2, 0.25) is 0 Å². The Morgan fingerprint density at radius 1 is 0.800 bits per heavy atom. The van der Waals surface area contributed by atoms with Crippen LogP contribution >= 0.6 is 0 Å². The third kappa shape index (κ3) is 2.89. The fraction of sp³-hybridized carbons (Fsp3) is 0.931. The Labute approximate surface area is 186 Å². The molecule has 5 rings (SSSR count). The van der Waals surface area contributed by atoms with Crippen LogP contribution < -0.4 is 0 Å². The number of rotatable bonds is 4. The Morgan fingerprint density at radius 2 is 1.50 bits per heavy atom. The van der Waals surface area contributed by atoms with Gasteiger partial charge in [-0.25, -0.2) is 0 Å². The summed E-state index contributed by atoms with van der Waals surface area (Å²) in [7, 11) is 0. The minimum atomic E-state index is -0.0140. The second kappa shape index (κ2) is 7.10. The Hall–Kier alpha value is -0.300. The Morgan fingerprint density at radius 3 is 2.23 bits per heavy atom. The molecule has 0 heterocycles. The molecule has 1 heteroatoms. The maximum absolute atomic E-state index is 10.4. The maximum Gasteiger partial charge on any atom is 0.0543 e. The lowest BCUT2D eigenvalue weighted by Crippen LogP contribution is -2.55. The quantitative estimate of drug-likeness (QED) is 0.474. The molecule has 0 saturated heterocycles. The number of fused-ring (bicyclic) bond motifs is 3. The molecule has 0 aromatic rings. The highest BCUT2D eigenvalue weighted by Gasteiger charge is 2.76. The zero-order chi connectivity index (χ0) is 21.5. The molecule has 0 aromatic carbocycles. The molecule has 0 bridgehead atoms. The Balaban J connectivity index is 1.38. The van der Waals surface area contributed by atoms with Crippen LogP contribution in [0.5, 0.6) is 0 Å². The molecule has 30 heavy (non-hydrogen) atoms. The molecule has 5 aliphatic rings. The smallest absolute Gasteiger partial charge is 0.0543 e. The van der Waals surface area contributed by atoms with Crippen LogP contribution in [-0.4, -0.2) is 11.2 Å². The van der Waals surface area contributed by atoms with Gasteiger partial charge in [-0.1, -0.05) is 53.7 Å². The first kappa shape index (κ1) is 21.5. The van der Waals surface area contributed by atoms with Gasteiger partial charge >= 0.3 is 0 Å². The zero-order valence-electron chi connectivity index (χ0n) is 20.7. The Kier molecular flexibility index (Phi) is 5.10. The SMILES string of the molecule is CC(C)C(C)/C=C/C(C)C1CCC2C1(C)CCC1C3(C)CCC(O)CC3CC3CC312. The summed E-state index contributed by atoms with van der Waals surface area (Å²) >= 11 is 0. The molecule has 0 amide bonds. The lowest BCUT2D eigenvalue weighted by molar-refractivity contribution is -0.138. The topological polar surface area (TPSA) is 20.2 Å². The fourth-order valence-corrected chi connectivity index (χ4v) is 10.1. The van der Waals surface area contributed by atoms with Gasteiger partial charge in [0.2, 0.25) is 0 Å². The van der Waals surface area contributed by atoms with Crippen molar-refractivity contribution in [3.8, 4) is 0 Å². The van der Waals surface area contributed by atoms with Gasteiger partial charge < -0.3 is 5.11 Å². The van der Waals surface area contributed by atoms with E-state index in [1.807, 2.05) is 0 Å². The van der Waals surface area contributed by atoms with E-state index in [4.69, 9.17) is 0 Å². The van der Waals surface area contributed by atoms with Crippen LogP contribution in [0.1, 0.15) is 99.3 Å². The summed E-state index contributed by atoms with van der Waals surface area (Å²) in [4.78, 5) is 0. The number of aliphatic hydroxyl groups is 1. The molecule has 5 saturated carbocycles. The minimum Gasteiger partial charge on any atom is -0.393 e. The highest BCUT2D eigenvalue weighted by molar-refractivity contribution is 5.24. The summed E-state index contributed by atoms with van der Waals surface area (Å²) in [6.07, 6.45) is 17.4. The lowest BCUT2D eigenvalue weighted by atomic mass is 9.43. The Bertz CT molecular complexity index is 694. The zero-order valence-corrected chi connectivity index (χ0v) is 20.7. The summed E-state index contributed by atoms with van der Waals surface area (Å²) in [5.41, 5.74) is 1.77. The van der Waals surface area contributed by atoms with Crippen molar-refractivity contribution in [2.45, 2.75) is 105 Å². The van der Waals surface area contributed by atoms with E-state index in [-0.39, 0.29) is 6.10 Å². The largest absolute Gasteiger partial charge is 0.393 e. The summed E-state index contributed by atoms with van der Waals surface area (Å²) in [5, 5.41) is 10.4. The van der Waals surface area contributed by atoms with Gasteiger partial charge in [-0.3, -0.25) is 0 Å². The van der Waals surface area contributed by atoms with Crippen LogP contribution in [0.25, 0.3) is 0 Å². The van der Waals surface area contributed by atoms with E-state index in [1.54, 1.807) is 0 Å². The predicted molar refractivity (Wildman–Crippen MR) is 126 cm³/mol. The van der Waals surface area contributed by atoms with E-state index < -0.39 is 0 Å². The highest BCUT2D eigenvalue weighted by Crippen LogP contribution is 2.83. The van der Waals surface area contributed by atoms with E-state index in [9.17, 15) is 5.11 Å². The molecule has 0 radical (unpaired) electrons. The van der Waals surface area contributed by atoms with Gasteiger partial charge in [0.05, 0.1) is 6.10 Å². The maximum atomic E-state index is 10.4. The molecule has 1 spiro atoms. The van der Waals surface area contributed by atoms with Crippen molar-refractivity contribution in [1.82, 2.24) is 0 Å².